The number of fused-ring (bicyclic) bond motifs is 6. The van der Waals surface area contributed by atoms with E-state index in [1.807, 2.05) is 0 Å². The molecule has 8 aromatic rings. The fourth-order valence-corrected chi connectivity index (χ4v) is 7.90. The summed E-state index contributed by atoms with van der Waals surface area (Å²) in [5.41, 5.74) is 21.4. The van der Waals surface area contributed by atoms with Gasteiger partial charge in [-0.15, -0.1) is 0 Å². The molecule has 1 aliphatic rings. The summed E-state index contributed by atoms with van der Waals surface area (Å²) in [4.78, 5) is 2.41. The van der Waals surface area contributed by atoms with E-state index in [9.17, 15) is 0 Å². The number of hydrogen-bond donors (Lipinski definition) is 0. The summed E-state index contributed by atoms with van der Waals surface area (Å²) in [6.07, 6.45) is 1.71. The summed E-state index contributed by atoms with van der Waals surface area (Å²) in [7, 11) is 0. The minimum atomic E-state index is 0.828. The molecular formula is C52H41N. The quantitative estimate of drug-likeness (QED) is 0.175. The molecule has 1 nitrogen and oxygen atoms in total. The molecule has 0 unspecified atom stereocenters. The van der Waals surface area contributed by atoms with Gasteiger partial charge in [0.1, 0.15) is 0 Å². The summed E-state index contributed by atoms with van der Waals surface area (Å²) in [6, 6.07) is 69.5. The van der Waals surface area contributed by atoms with Crippen LogP contribution in [0.1, 0.15) is 33.4 Å². The lowest BCUT2D eigenvalue weighted by Crippen LogP contribution is -2.11. The third-order valence-corrected chi connectivity index (χ3v) is 10.8. The van der Waals surface area contributed by atoms with Crippen molar-refractivity contribution in [1.82, 2.24) is 0 Å². The predicted molar refractivity (Wildman–Crippen MR) is 224 cm³/mol. The Hall–Kier alpha value is -6.44. The van der Waals surface area contributed by atoms with Crippen LogP contribution in [0.25, 0.3) is 44.5 Å². The topological polar surface area (TPSA) is 3.24 Å². The average Bonchev–Trinajstić information content (AvgIpc) is 3.20. The van der Waals surface area contributed by atoms with Crippen LogP contribution >= 0.6 is 0 Å². The lowest BCUT2D eigenvalue weighted by Gasteiger charge is -2.28. The van der Waals surface area contributed by atoms with Gasteiger partial charge in [-0.2, -0.15) is 0 Å². The van der Waals surface area contributed by atoms with Crippen LogP contribution in [0.2, 0.25) is 0 Å². The molecule has 53 heavy (non-hydrogen) atoms. The summed E-state index contributed by atoms with van der Waals surface area (Å²) in [6.45, 7) is 4.27. The van der Waals surface area contributed by atoms with E-state index in [-0.39, 0.29) is 0 Å². The van der Waals surface area contributed by atoms with Gasteiger partial charge >= 0.3 is 0 Å². The number of nitrogens with zero attached hydrogens (tertiary/aromatic N) is 1. The van der Waals surface area contributed by atoms with E-state index < -0.39 is 0 Å². The number of hydrogen-bond acceptors (Lipinski definition) is 1. The highest BCUT2D eigenvalue weighted by molar-refractivity contribution is 5.84. The van der Waals surface area contributed by atoms with Crippen molar-refractivity contribution in [3.05, 3.63) is 221 Å². The zero-order valence-corrected chi connectivity index (χ0v) is 30.3. The molecule has 0 radical (unpaired) electrons. The Kier molecular flexibility index (Phi) is 8.54. The van der Waals surface area contributed by atoms with E-state index in [1.165, 1.54) is 77.9 Å². The molecule has 0 aliphatic heterocycles. The van der Waals surface area contributed by atoms with E-state index >= 15 is 0 Å². The third kappa shape index (κ3) is 6.47. The molecule has 9 rings (SSSR count). The first-order valence-corrected chi connectivity index (χ1v) is 18.6. The van der Waals surface area contributed by atoms with E-state index in [0.717, 1.165) is 29.9 Å². The zero-order chi connectivity index (χ0) is 35.7. The molecule has 1 heteroatoms. The molecule has 8 aromatic carbocycles. The minimum Gasteiger partial charge on any atom is -0.310 e. The zero-order valence-electron chi connectivity index (χ0n) is 30.3. The highest BCUT2D eigenvalue weighted by Crippen LogP contribution is 2.42. The Morgan fingerprint density at radius 3 is 1.04 bits per heavy atom. The molecule has 0 bridgehead atoms. The van der Waals surface area contributed by atoms with Crippen molar-refractivity contribution < 1.29 is 0 Å². The first-order valence-electron chi connectivity index (χ1n) is 18.6. The lowest BCUT2D eigenvalue weighted by molar-refractivity contribution is 1.14. The van der Waals surface area contributed by atoms with Crippen LogP contribution in [0.5, 0.6) is 0 Å². The predicted octanol–water partition coefficient (Wildman–Crippen LogP) is 13.9. The summed E-state index contributed by atoms with van der Waals surface area (Å²) in [5, 5.41) is 0. The highest BCUT2D eigenvalue weighted by Gasteiger charge is 2.20. The third-order valence-electron chi connectivity index (χ3n) is 10.8. The number of benzene rings is 8. The molecular weight excluding hydrogens is 639 g/mol. The average molecular weight is 680 g/mol. The van der Waals surface area contributed by atoms with Gasteiger partial charge in [0, 0.05) is 17.1 Å². The number of anilines is 3. The van der Waals surface area contributed by atoms with Crippen LogP contribution in [0.4, 0.5) is 17.1 Å². The molecule has 0 aromatic heterocycles. The van der Waals surface area contributed by atoms with E-state index in [1.54, 1.807) is 0 Å². The number of rotatable bonds is 5. The van der Waals surface area contributed by atoms with Gasteiger partial charge in [-0.3, -0.25) is 0 Å². The molecule has 0 amide bonds. The largest absolute Gasteiger partial charge is 0.310 e. The second-order valence-electron chi connectivity index (χ2n) is 14.3. The second kappa shape index (κ2) is 13.9. The van der Waals surface area contributed by atoms with Crippen molar-refractivity contribution in [1.29, 1.82) is 0 Å². The SMILES string of the molecule is Cc1ccc(-c2ccc(N(c3ccc(-c4ccc(C)cc4)cc3)c3ccc4c(c3)Cc3ccccc3-c3ccccc3Cc3ccccc3-4)cc2)cc1. The van der Waals surface area contributed by atoms with Crippen molar-refractivity contribution in [3.8, 4) is 44.5 Å². The maximum Gasteiger partial charge on any atom is 0.0464 e. The van der Waals surface area contributed by atoms with Crippen LogP contribution in [0.15, 0.2) is 188 Å². The van der Waals surface area contributed by atoms with Crippen LogP contribution in [-0.4, -0.2) is 0 Å². The second-order valence-corrected chi connectivity index (χ2v) is 14.3. The van der Waals surface area contributed by atoms with Crippen molar-refractivity contribution in [2.45, 2.75) is 26.7 Å². The fraction of sp³-hybridized carbons (Fsp3) is 0.0769. The van der Waals surface area contributed by atoms with Crippen molar-refractivity contribution in [2.75, 3.05) is 4.90 Å². The molecule has 0 fully saturated rings. The van der Waals surface area contributed by atoms with Crippen LogP contribution in [0, 0.1) is 13.8 Å². The summed E-state index contributed by atoms with van der Waals surface area (Å²) < 4.78 is 0. The Morgan fingerprint density at radius 1 is 0.302 bits per heavy atom. The van der Waals surface area contributed by atoms with Gasteiger partial charge in [0.05, 0.1) is 0 Å². The first kappa shape index (κ1) is 32.5. The van der Waals surface area contributed by atoms with Gasteiger partial charge in [-0.25, -0.2) is 0 Å². The highest BCUT2D eigenvalue weighted by atomic mass is 15.1. The first-order chi connectivity index (χ1) is 26.1. The van der Waals surface area contributed by atoms with Gasteiger partial charge in [0.2, 0.25) is 0 Å². The van der Waals surface area contributed by atoms with Gasteiger partial charge < -0.3 is 4.90 Å². The van der Waals surface area contributed by atoms with Crippen LogP contribution in [-0.2, 0) is 12.8 Å². The smallest absolute Gasteiger partial charge is 0.0464 e. The molecule has 0 saturated carbocycles. The van der Waals surface area contributed by atoms with Gasteiger partial charge in [-0.05, 0) is 130 Å². The van der Waals surface area contributed by atoms with E-state index in [2.05, 4.69) is 207 Å². The standard InChI is InChI=1S/C52H41N/c1-36-15-19-38(20-16-36)40-23-27-46(28-24-40)53(47-29-25-41(26-30-47)39-21-17-37(2)18-22-39)48-31-32-52-45(35-48)34-44-11-5-7-13-50(44)49-12-6-3-9-42(49)33-43-10-4-8-14-51(43)52/h3-32,35H,33-34H2,1-2H3. The molecule has 0 saturated heterocycles. The maximum atomic E-state index is 2.43. The van der Waals surface area contributed by atoms with Crippen molar-refractivity contribution in [3.63, 3.8) is 0 Å². The Morgan fingerprint density at radius 2 is 0.623 bits per heavy atom. The monoisotopic (exact) mass is 679 g/mol. The van der Waals surface area contributed by atoms with E-state index in [4.69, 9.17) is 0 Å². The minimum absolute atomic E-state index is 0.828. The van der Waals surface area contributed by atoms with Gasteiger partial charge in [0.25, 0.3) is 0 Å². The summed E-state index contributed by atoms with van der Waals surface area (Å²) >= 11 is 0. The van der Waals surface area contributed by atoms with Crippen LogP contribution < -0.4 is 4.90 Å². The lowest BCUT2D eigenvalue weighted by atomic mass is 9.84. The fourth-order valence-electron chi connectivity index (χ4n) is 7.90. The maximum absolute atomic E-state index is 2.43. The molecule has 1 aliphatic carbocycles. The van der Waals surface area contributed by atoms with E-state index in [0.29, 0.717) is 0 Å². The molecule has 0 N–H and O–H groups in total. The van der Waals surface area contributed by atoms with Crippen molar-refractivity contribution in [2.24, 2.45) is 0 Å². The van der Waals surface area contributed by atoms with Crippen LogP contribution in [0.3, 0.4) is 0 Å². The van der Waals surface area contributed by atoms with Gasteiger partial charge in [0.15, 0.2) is 0 Å². The molecule has 0 atom stereocenters. The van der Waals surface area contributed by atoms with Crippen molar-refractivity contribution >= 4 is 17.1 Å². The molecule has 0 spiro atoms. The molecule has 254 valence electrons. The summed E-state index contributed by atoms with van der Waals surface area (Å²) in [5.74, 6) is 0. The Bertz CT molecular complexity index is 2450. The Labute approximate surface area is 313 Å². The Balaban J connectivity index is 1.19. The molecule has 0 heterocycles. The van der Waals surface area contributed by atoms with Gasteiger partial charge in [-0.1, -0.05) is 163 Å². The number of aryl methyl sites for hydroxylation is 2. The normalized spacial score (nSPS) is 11.8.